The first-order valence-electron chi connectivity index (χ1n) is 6.51. The fraction of sp³-hybridized carbons (Fsp3) is 0.833. The fourth-order valence-corrected chi connectivity index (χ4v) is 2.65. The Morgan fingerprint density at radius 1 is 1.42 bits per heavy atom. The van der Waals surface area contributed by atoms with Crippen molar-refractivity contribution in [1.29, 1.82) is 0 Å². The van der Waals surface area contributed by atoms with Crippen LogP contribution >= 0.6 is 0 Å². The maximum absolute atomic E-state index is 11.6. The highest BCUT2D eigenvalue weighted by Crippen LogP contribution is 2.25. The van der Waals surface area contributed by atoms with Crippen molar-refractivity contribution in [3.05, 3.63) is 0 Å². The van der Waals surface area contributed by atoms with Gasteiger partial charge in [0.2, 0.25) is 0 Å². The summed E-state index contributed by atoms with van der Waals surface area (Å²) in [7, 11) is -0.890. The van der Waals surface area contributed by atoms with E-state index in [1.54, 1.807) is 6.26 Å². The van der Waals surface area contributed by atoms with Crippen LogP contribution in [0.5, 0.6) is 0 Å². The van der Waals surface area contributed by atoms with E-state index >= 15 is 0 Å². The summed E-state index contributed by atoms with van der Waals surface area (Å²) < 4.78 is 11.1. The van der Waals surface area contributed by atoms with Gasteiger partial charge in [-0.05, 0) is 19.3 Å². The van der Waals surface area contributed by atoms with Gasteiger partial charge in [-0.25, -0.2) is 4.79 Å². The third kappa shape index (κ3) is 5.18. The Bertz CT molecular complexity index is 362. The van der Waals surface area contributed by atoms with Crippen LogP contribution in [0.1, 0.15) is 32.6 Å². The molecular weight excluding hydrogens is 268 g/mol. The Hall–Kier alpha value is -1.11. The molecule has 3 N–H and O–H groups in total. The first-order valence-corrected chi connectivity index (χ1v) is 8.13. The summed E-state index contributed by atoms with van der Waals surface area (Å²) >= 11 is 0. The number of urea groups is 1. The number of nitrogens with one attached hydrogen (secondary N) is 2. The molecule has 0 saturated heterocycles. The molecular formula is C12H22N2O4S. The van der Waals surface area contributed by atoms with E-state index in [1.165, 1.54) is 0 Å². The van der Waals surface area contributed by atoms with Crippen LogP contribution in [0, 0.1) is 5.92 Å². The van der Waals surface area contributed by atoms with Gasteiger partial charge in [0, 0.05) is 34.9 Å². The normalized spacial score (nSPS) is 25.6. The molecule has 1 rings (SSSR count). The van der Waals surface area contributed by atoms with Crippen molar-refractivity contribution in [3.8, 4) is 0 Å². The molecule has 0 aromatic rings. The number of rotatable bonds is 6. The summed E-state index contributed by atoms with van der Waals surface area (Å²) in [5.41, 5.74) is 0. The predicted octanol–water partition coefficient (Wildman–Crippen LogP) is 0.696. The van der Waals surface area contributed by atoms with Crippen LogP contribution in [0.4, 0.5) is 4.79 Å². The number of aliphatic carboxylic acids is 1. The van der Waals surface area contributed by atoms with Gasteiger partial charge in [-0.15, -0.1) is 0 Å². The Morgan fingerprint density at radius 3 is 2.68 bits per heavy atom. The number of carboxylic acids is 1. The molecule has 0 aliphatic heterocycles. The Kier molecular flexibility index (Phi) is 6.27. The van der Waals surface area contributed by atoms with E-state index in [0.29, 0.717) is 25.8 Å². The van der Waals surface area contributed by atoms with E-state index in [-0.39, 0.29) is 17.3 Å². The van der Waals surface area contributed by atoms with Crippen LogP contribution in [0.15, 0.2) is 0 Å². The molecule has 0 radical (unpaired) electrons. The van der Waals surface area contributed by atoms with Crippen molar-refractivity contribution in [2.24, 2.45) is 5.92 Å². The molecule has 0 aromatic heterocycles. The molecule has 7 heteroatoms. The van der Waals surface area contributed by atoms with Gasteiger partial charge >= 0.3 is 12.0 Å². The molecule has 1 fully saturated rings. The monoisotopic (exact) mass is 290 g/mol. The molecule has 4 atom stereocenters. The molecule has 1 aliphatic rings. The summed E-state index contributed by atoms with van der Waals surface area (Å²) in [5, 5.41) is 14.4. The summed E-state index contributed by atoms with van der Waals surface area (Å²) in [4.78, 5) is 22.6. The third-order valence-corrected chi connectivity index (χ3v) is 4.92. The molecule has 1 saturated carbocycles. The van der Waals surface area contributed by atoms with Crippen LogP contribution in [0.25, 0.3) is 0 Å². The van der Waals surface area contributed by atoms with Gasteiger partial charge in [0.05, 0.1) is 5.92 Å². The Morgan fingerprint density at radius 2 is 2.11 bits per heavy atom. The fourth-order valence-electron chi connectivity index (χ4n) is 2.20. The Balaban J connectivity index is 2.27. The summed E-state index contributed by atoms with van der Waals surface area (Å²) in [6.45, 7) is 2.31. The maximum Gasteiger partial charge on any atom is 0.315 e. The first-order chi connectivity index (χ1) is 8.91. The van der Waals surface area contributed by atoms with Crippen molar-refractivity contribution < 1.29 is 18.9 Å². The number of carboxylic acid groups (broad SMARTS) is 1. The minimum atomic E-state index is -0.890. The molecule has 0 spiro atoms. The lowest BCUT2D eigenvalue weighted by atomic mass is 10.0. The number of hydrogen-bond acceptors (Lipinski definition) is 3. The molecule has 110 valence electrons. The highest BCUT2D eigenvalue weighted by molar-refractivity contribution is 7.84. The second-order valence-electron chi connectivity index (χ2n) is 4.98. The van der Waals surface area contributed by atoms with E-state index in [4.69, 9.17) is 5.11 Å². The van der Waals surface area contributed by atoms with E-state index in [0.717, 1.165) is 6.42 Å². The van der Waals surface area contributed by atoms with Crippen LogP contribution in [-0.2, 0) is 15.6 Å². The van der Waals surface area contributed by atoms with Gasteiger partial charge in [0.25, 0.3) is 0 Å². The van der Waals surface area contributed by atoms with Gasteiger partial charge < -0.3 is 15.7 Å². The topological polar surface area (TPSA) is 95.5 Å². The van der Waals surface area contributed by atoms with Gasteiger partial charge in [-0.3, -0.25) is 9.00 Å². The zero-order valence-corrected chi connectivity index (χ0v) is 12.2. The molecule has 4 unspecified atom stereocenters. The molecule has 6 nitrogen and oxygen atoms in total. The molecule has 19 heavy (non-hydrogen) atoms. The minimum Gasteiger partial charge on any atom is -0.481 e. The van der Waals surface area contributed by atoms with Crippen LogP contribution in [-0.4, -0.2) is 45.4 Å². The van der Waals surface area contributed by atoms with Crippen LogP contribution in [0.3, 0.4) is 0 Å². The van der Waals surface area contributed by atoms with E-state index in [1.807, 2.05) is 6.92 Å². The van der Waals surface area contributed by atoms with Crippen LogP contribution in [0.2, 0.25) is 0 Å². The van der Waals surface area contributed by atoms with Crippen molar-refractivity contribution in [1.82, 2.24) is 10.6 Å². The summed E-state index contributed by atoms with van der Waals surface area (Å²) in [6, 6.07) is -0.623. The van der Waals surface area contributed by atoms with Gasteiger partial charge in [-0.1, -0.05) is 13.3 Å². The lowest BCUT2D eigenvalue weighted by Gasteiger charge is -2.18. The van der Waals surface area contributed by atoms with Gasteiger partial charge in [0.15, 0.2) is 0 Å². The maximum atomic E-state index is 11.6. The number of carbonyl (C=O) groups is 2. The second-order valence-corrected chi connectivity index (χ2v) is 6.78. The smallest absolute Gasteiger partial charge is 0.315 e. The summed E-state index contributed by atoms with van der Waals surface area (Å²) in [5.74, 6) is -1.33. The van der Waals surface area contributed by atoms with Crippen molar-refractivity contribution in [3.63, 3.8) is 0 Å². The van der Waals surface area contributed by atoms with Crippen molar-refractivity contribution in [2.45, 2.75) is 43.9 Å². The highest BCUT2D eigenvalue weighted by Gasteiger charge is 2.33. The molecule has 1 aliphatic carbocycles. The van der Waals surface area contributed by atoms with Gasteiger partial charge in [-0.2, -0.15) is 0 Å². The number of amides is 2. The SMILES string of the molecule is CC(CCNC(=O)NC1CCCC1C(=O)O)S(C)=O. The van der Waals surface area contributed by atoms with Crippen molar-refractivity contribution >= 4 is 22.8 Å². The number of carbonyl (C=O) groups excluding carboxylic acids is 1. The molecule has 0 aromatic carbocycles. The lowest BCUT2D eigenvalue weighted by molar-refractivity contribution is -0.142. The van der Waals surface area contributed by atoms with E-state index in [2.05, 4.69) is 10.6 Å². The second kappa shape index (κ2) is 7.47. The molecule has 0 heterocycles. The average molecular weight is 290 g/mol. The largest absolute Gasteiger partial charge is 0.481 e. The average Bonchev–Trinajstić information content (AvgIpc) is 2.76. The number of hydrogen-bond donors (Lipinski definition) is 3. The van der Waals surface area contributed by atoms with Crippen molar-refractivity contribution in [2.75, 3.05) is 12.8 Å². The summed E-state index contributed by atoms with van der Waals surface area (Å²) in [6.07, 6.45) is 4.43. The molecule has 2 amide bonds. The highest BCUT2D eigenvalue weighted by atomic mass is 32.2. The zero-order chi connectivity index (χ0) is 14.4. The Labute approximate surface area is 115 Å². The third-order valence-electron chi connectivity index (χ3n) is 3.55. The predicted molar refractivity (Wildman–Crippen MR) is 73.4 cm³/mol. The quantitative estimate of drug-likeness (QED) is 0.671. The van der Waals surface area contributed by atoms with E-state index < -0.39 is 22.7 Å². The van der Waals surface area contributed by atoms with Crippen LogP contribution < -0.4 is 10.6 Å². The molecule has 0 bridgehead atoms. The zero-order valence-electron chi connectivity index (χ0n) is 11.3. The lowest BCUT2D eigenvalue weighted by Crippen LogP contribution is -2.45. The minimum absolute atomic E-state index is 0.0403. The van der Waals surface area contributed by atoms with Gasteiger partial charge in [0.1, 0.15) is 0 Å². The standard InChI is InChI=1S/C12H22N2O4S/c1-8(19(2)18)6-7-13-12(17)14-10-5-3-4-9(10)11(15)16/h8-10H,3-7H2,1-2H3,(H,15,16)(H2,13,14,17). The first kappa shape index (κ1) is 15.9. The van der Waals surface area contributed by atoms with E-state index in [9.17, 15) is 13.8 Å².